The van der Waals surface area contributed by atoms with Crippen molar-refractivity contribution in [1.82, 2.24) is 0 Å². The van der Waals surface area contributed by atoms with Gasteiger partial charge in [0.15, 0.2) is 0 Å². The van der Waals surface area contributed by atoms with Gasteiger partial charge in [0, 0.05) is 12.3 Å². The molecule has 15 heavy (non-hydrogen) atoms. The lowest BCUT2D eigenvalue weighted by atomic mass is 9.80. The predicted octanol–water partition coefficient (Wildman–Crippen LogP) is 2.70. The number of hydrogen-bond acceptors (Lipinski definition) is 2. The highest BCUT2D eigenvalue weighted by atomic mass is 16.5. The molecule has 0 N–H and O–H groups in total. The van der Waals surface area contributed by atoms with E-state index in [-0.39, 0.29) is 5.92 Å². The molecule has 0 fully saturated rings. The molecule has 2 heteroatoms. The van der Waals surface area contributed by atoms with Crippen LogP contribution in [0.25, 0.3) is 0 Å². The van der Waals surface area contributed by atoms with Crippen LogP contribution in [-0.4, -0.2) is 12.9 Å². The normalized spacial score (nSPS) is 19.9. The Morgan fingerprint density at radius 2 is 2.20 bits per heavy atom. The van der Waals surface area contributed by atoms with Gasteiger partial charge in [-0.15, -0.1) is 0 Å². The first-order valence-electron chi connectivity index (χ1n) is 5.45. The van der Waals surface area contributed by atoms with Crippen molar-refractivity contribution in [2.24, 2.45) is 0 Å². The number of fused-ring (bicyclic) bond motifs is 1. The number of ketones is 1. The molecule has 0 spiro atoms. The second-order valence-electron chi connectivity index (χ2n) is 3.99. The van der Waals surface area contributed by atoms with Crippen molar-refractivity contribution in [2.45, 2.75) is 32.1 Å². The third kappa shape index (κ3) is 1.76. The van der Waals surface area contributed by atoms with E-state index in [9.17, 15) is 4.79 Å². The SMILES string of the molecule is CC[C@@H]1C(=O)CCc2cc(OC)ccc21. The summed E-state index contributed by atoms with van der Waals surface area (Å²) >= 11 is 0. The molecule has 0 saturated heterocycles. The molecule has 0 saturated carbocycles. The molecule has 2 nitrogen and oxygen atoms in total. The lowest BCUT2D eigenvalue weighted by molar-refractivity contribution is -0.121. The minimum absolute atomic E-state index is 0.111. The molecule has 0 unspecified atom stereocenters. The second-order valence-corrected chi connectivity index (χ2v) is 3.99. The standard InChI is InChI=1S/C13H16O2/c1-3-11-12-6-5-10(15-2)8-9(12)4-7-13(11)14/h5-6,8,11H,3-4,7H2,1-2H3/t11-/m0/s1. The highest BCUT2D eigenvalue weighted by Gasteiger charge is 2.25. The molecule has 2 rings (SSSR count). The van der Waals surface area contributed by atoms with Gasteiger partial charge < -0.3 is 4.74 Å². The Morgan fingerprint density at radius 3 is 2.87 bits per heavy atom. The Morgan fingerprint density at radius 1 is 1.40 bits per heavy atom. The van der Waals surface area contributed by atoms with Gasteiger partial charge in [-0.1, -0.05) is 13.0 Å². The van der Waals surface area contributed by atoms with Crippen LogP contribution in [-0.2, 0) is 11.2 Å². The average Bonchev–Trinajstić information content (AvgIpc) is 2.28. The molecule has 0 aliphatic heterocycles. The zero-order chi connectivity index (χ0) is 10.8. The van der Waals surface area contributed by atoms with Crippen LogP contribution in [0.15, 0.2) is 18.2 Å². The summed E-state index contributed by atoms with van der Waals surface area (Å²) in [6.07, 6.45) is 2.44. The fourth-order valence-electron chi connectivity index (χ4n) is 2.32. The Kier molecular flexibility index (Phi) is 2.76. The molecule has 1 aromatic rings. The zero-order valence-electron chi connectivity index (χ0n) is 9.25. The molecule has 80 valence electrons. The first-order chi connectivity index (χ1) is 7.26. The monoisotopic (exact) mass is 204 g/mol. The molecule has 1 aliphatic rings. The van der Waals surface area contributed by atoms with E-state index in [2.05, 4.69) is 13.0 Å². The van der Waals surface area contributed by atoms with Crippen LogP contribution in [0, 0.1) is 0 Å². The molecule has 0 amide bonds. The van der Waals surface area contributed by atoms with E-state index < -0.39 is 0 Å². The van der Waals surface area contributed by atoms with Crippen molar-refractivity contribution in [3.05, 3.63) is 29.3 Å². The number of rotatable bonds is 2. The Bertz CT molecular complexity index is 382. The number of carbonyl (C=O) groups excluding carboxylic acids is 1. The van der Waals surface area contributed by atoms with E-state index in [1.54, 1.807) is 7.11 Å². The molecule has 1 aliphatic carbocycles. The van der Waals surface area contributed by atoms with Crippen molar-refractivity contribution in [3.8, 4) is 5.75 Å². The number of ether oxygens (including phenoxy) is 1. The van der Waals surface area contributed by atoms with Gasteiger partial charge in [0.1, 0.15) is 11.5 Å². The van der Waals surface area contributed by atoms with Crippen LogP contribution in [0.5, 0.6) is 5.75 Å². The summed E-state index contributed by atoms with van der Waals surface area (Å²) in [7, 11) is 1.67. The quantitative estimate of drug-likeness (QED) is 0.740. The molecule has 0 bridgehead atoms. The third-order valence-corrected chi connectivity index (χ3v) is 3.16. The number of hydrogen-bond donors (Lipinski definition) is 0. The average molecular weight is 204 g/mol. The van der Waals surface area contributed by atoms with Crippen molar-refractivity contribution >= 4 is 5.78 Å². The lowest BCUT2D eigenvalue weighted by Gasteiger charge is -2.23. The maximum absolute atomic E-state index is 11.7. The van der Waals surface area contributed by atoms with Gasteiger partial charge in [-0.05, 0) is 36.1 Å². The topological polar surface area (TPSA) is 26.3 Å². The molecular formula is C13H16O2. The van der Waals surface area contributed by atoms with E-state index in [1.807, 2.05) is 12.1 Å². The Labute approximate surface area is 90.3 Å². The molecule has 1 atom stereocenters. The minimum atomic E-state index is 0.111. The van der Waals surface area contributed by atoms with E-state index in [4.69, 9.17) is 4.74 Å². The number of carbonyl (C=O) groups is 1. The van der Waals surface area contributed by atoms with Crippen LogP contribution in [0.2, 0.25) is 0 Å². The highest BCUT2D eigenvalue weighted by Crippen LogP contribution is 2.33. The second kappa shape index (κ2) is 4.05. The number of benzene rings is 1. The lowest BCUT2D eigenvalue weighted by Crippen LogP contribution is -2.19. The minimum Gasteiger partial charge on any atom is -0.497 e. The zero-order valence-corrected chi connectivity index (χ0v) is 9.25. The van der Waals surface area contributed by atoms with Gasteiger partial charge in [-0.3, -0.25) is 4.79 Å². The third-order valence-electron chi connectivity index (χ3n) is 3.16. The van der Waals surface area contributed by atoms with Gasteiger partial charge in [-0.25, -0.2) is 0 Å². The fourth-order valence-corrected chi connectivity index (χ4v) is 2.32. The fraction of sp³-hybridized carbons (Fsp3) is 0.462. The van der Waals surface area contributed by atoms with Gasteiger partial charge >= 0.3 is 0 Å². The van der Waals surface area contributed by atoms with Crippen LogP contribution >= 0.6 is 0 Å². The highest BCUT2D eigenvalue weighted by molar-refractivity contribution is 5.88. The van der Waals surface area contributed by atoms with Crippen molar-refractivity contribution in [2.75, 3.05) is 7.11 Å². The number of methoxy groups -OCH3 is 1. The maximum atomic E-state index is 11.7. The first kappa shape index (κ1) is 10.2. The largest absolute Gasteiger partial charge is 0.497 e. The maximum Gasteiger partial charge on any atom is 0.140 e. The Balaban J connectivity index is 2.42. The van der Waals surface area contributed by atoms with Gasteiger partial charge in [0.05, 0.1) is 7.11 Å². The summed E-state index contributed by atoms with van der Waals surface area (Å²) in [6, 6.07) is 6.05. The summed E-state index contributed by atoms with van der Waals surface area (Å²) in [4.78, 5) is 11.7. The van der Waals surface area contributed by atoms with Crippen LogP contribution in [0.1, 0.15) is 36.8 Å². The van der Waals surface area contributed by atoms with E-state index in [0.29, 0.717) is 12.2 Å². The van der Waals surface area contributed by atoms with Gasteiger partial charge in [-0.2, -0.15) is 0 Å². The van der Waals surface area contributed by atoms with Crippen LogP contribution < -0.4 is 4.74 Å². The molecule has 1 aromatic carbocycles. The molecule has 0 radical (unpaired) electrons. The van der Waals surface area contributed by atoms with E-state index in [0.717, 1.165) is 18.6 Å². The number of Topliss-reactive ketones (excluding diaryl/α,β-unsaturated/α-hetero) is 1. The van der Waals surface area contributed by atoms with Crippen LogP contribution in [0.3, 0.4) is 0 Å². The molecule has 0 heterocycles. The van der Waals surface area contributed by atoms with Crippen LogP contribution in [0.4, 0.5) is 0 Å². The van der Waals surface area contributed by atoms with Gasteiger partial charge in [0.2, 0.25) is 0 Å². The number of aryl methyl sites for hydroxylation is 1. The first-order valence-corrected chi connectivity index (χ1v) is 5.45. The van der Waals surface area contributed by atoms with Crippen molar-refractivity contribution in [1.29, 1.82) is 0 Å². The summed E-state index contributed by atoms with van der Waals surface area (Å²) in [5.74, 6) is 1.38. The van der Waals surface area contributed by atoms with Crippen molar-refractivity contribution in [3.63, 3.8) is 0 Å². The predicted molar refractivity (Wildman–Crippen MR) is 59.4 cm³/mol. The summed E-state index contributed by atoms with van der Waals surface area (Å²) in [5, 5.41) is 0. The van der Waals surface area contributed by atoms with Crippen molar-refractivity contribution < 1.29 is 9.53 Å². The molecule has 0 aromatic heterocycles. The summed E-state index contributed by atoms with van der Waals surface area (Å²) in [6.45, 7) is 2.07. The van der Waals surface area contributed by atoms with E-state index in [1.165, 1.54) is 11.1 Å². The smallest absolute Gasteiger partial charge is 0.140 e. The Hall–Kier alpha value is -1.31. The van der Waals surface area contributed by atoms with E-state index >= 15 is 0 Å². The summed E-state index contributed by atoms with van der Waals surface area (Å²) in [5.41, 5.74) is 2.48. The van der Waals surface area contributed by atoms with Gasteiger partial charge in [0.25, 0.3) is 0 Å². The summed E-state index contributed by atoms with van der Waals surface area (Å²) < 4.78 is 5.19. The molecular weight excluding hydrogens is 188 g/mol.